The van der Waals surface area contributed by atoms with Crippen molar-refractivity contribution in [1.82, 2.24) is 10.3 Å². The number of carbonyl (C=O) groups is 2. The molecule has 0 saturated heterocycles. The number of rotatable bonds is 8. The van der Waals surface area contributed by atoms with Crippen LogP contribution in [-0.2, 0) is 20.7 Å². The maximum Gasteiger partial charge on any atom is 0.339 e. The van der Waals surface area contributed by atoms with E-state index in [0.29, 0.717) is 36.5 Å². The van der Waals surface area contributed by atoms with E-state index in [1.165, 1.54) is 38.3 Å². The van der Waals surface area contributed by atoms with Crippen LogP contribution in [0.1, 0.15) is 68.2 Å². The van der Waals surface area contributed by atoms with Crippen molar-refractivity contribution >= 4 is 22.8 Å². The van der Waals surface area contributed by atoms with Gasteiger partial charge in [-0.15, -0.1) is 0 Å². The standard InChI is InChI=1S/C30H33FN2O4/c1-18(34)32-15-14-23-22-13-12-21(31)17-24(22)33-28(23)26(20-10-6-3-7-11-20)27-29(35)25(37-30(27)36)16-19-8-4-2-5-9-19/h3,6-7,10-13,17,19,25-26,33,35H,2,4-5,8-9,14-16H2,1H3,(H,32,34). The molecule has 2 aliphatic rings. The lowest BCUT2D eigenvalue weighted by Gasteiger charge is -2.23. The molecule has 3 N–H and O–H groups in total. The highest BCUT2D eigenvalue weighted by Gasteiger charge is 2.42. The molecule has 37 heavy (non-hydrogen) atoms. The Bertz CT molecular complexity index is 1320. The number of aliphatic hydroxyl groups is 1. The number of aromatic amines is 1. The summed E-state index contributed by atoms with van der Waals surface area (Å²) in [4.78, 5) is 28.2. The number of hydrogen-bond donors (Lipinski definition) is 3. The van der Waals surface area contributed by atoms with Crippen molar-refractivity contribution < 1.29 is 23.8 Å². The van der Waals surface area contributed by atoms with Gasteiger partial charge in [-0.3, -0.25) is 4.79 Å². The third-order valence-corrected chi connectivity index (χ3v) is 7.68. The van der Waals surface area contributed by atoms with Gasteiger partial charge in [-0.25, -0.2) is 9.18 Å². The van der Waals surface area contributed by atoms with E-state index in [-0.39, 0.29) is 23.1 Å². The Morgan fingerprint density at radius 1 is 1.16 bits per heavy atom. The van der Waals surface area contributed by atoms with Crippen LogP contribution in [0.3, 0.4) is 0 Å². The van der Waals surface area contributed by atoms with Crippen LogP contribution < -0.4 is 5.32 Å². The highest BCUT2D eigenvalue weighted by atomic mass is 19.1. The molecule has 1 aromatic heterocycles. The van der Waals surface area contributed by atoms with Crippen molar-refractivity contribution in [2.75, 3.05) is 6.54 Å². The molecule has 2 heterocycles. The number of halogens is 1. The van der Waals surface area contributed by atoms with Crippen LogP contribution in [0.4, 0.5) is 4.39 Å². The van der Waals surface area contributed by atoms with Crippen molar-refractivity contribution in [3.8, 4) is 0 Å². The second-order valence-corrected chi connectivity index (χ2v) is 10.2. The molecule has 2 atom stereocenters. The van der Waals surface area contributed by atoms with E-state index in [4.69, 9.17) is 4.74 Å². The summed E-state index contributed by atoms with van der Waals surface area (Å²) in [5, 5.41) is 15.0. The number of H-pyrrole nitrogens is 1. The van der Waals surface area contributed by atoms with Gasteiger partial charge in [0.15, 0.2) is 6.10 Å². The second-order valence-electron chi connectivity index (χ2n) is 10.2. The Labute approximate surface area is 215 Å². The number of ether oxygens (including phenoxy) is 1. The minimum absolute atomic E-state index is 0.0120. The van der Waals surface area contributed by atoms with Gasteiger partial charge in [0.1, 0.15) is 11.6 Å². The first-order valence-corrected chi connectivity index (χ1v) is 13.2. The van der Waals surface area contributed by atoms with E-state index in [1.807, 2.05) is 30.3 Å². The van der Waals surface area contributed by atoms with Crippen molar-refractivity contribution in [1.29, 1.82) is 0 Å². The Balaban J connectivity index is 1.61. The zero-order valence-corrected chi connectivity index (χ0v) is 21.1. The SMILES string of the molecule is CC(=O)NCCc1c(C(C2=C(O)C(CC3CCCCC3)OC2=O)c2ccccc2)[nH]c2cc(F)ccc12. The zero-order valence-electron chi connectivity index (χ0n) is 21.1. The van der Waals surface area contributed by atoms with Gasteiger partial charge < -0.3 is 20.1 Å². The molecule has 1 amide bonds. The maximum absolute atomic E-state index is 14.2. The highest BCUT2D eigenvalue weighted by Crippen LogP contribution is 2.43. The molecular weight excluding hydrogens is 471 g/mol. The molecule has 1 fully saturated rings. The van der Waals surface area contributed by atoms with Crippen LogP contribution in [0.25, 0.3) is 10.9 Å². The van der Waals surface area contributed by atoms with Crippen LogP contribution in [0.2, 0.25) is 0 Å². The summed E-state index contributed by atoms with van der Waals surface area (Å²) >= 11 is 0. The molecule has 5 rings (SSSR count). The highest BCUT2D eigenvalue weighted by molar-refractivity contribution is 5.95. The van der Waals surface area contributed by atoms with Crippen LogP contribution in [-0.4, -0.2) is 34.6 Å². The van der Waals surface area contributed by atoms with Gasteiger partial charge in [0.25, 0.3) is 0 Å². The Morgan fingerprint density at radius 3 is 2.65 bits per heavy atom. The average molecular weight is 505 g/mol. The molecule has 1 aliphatic heterocycles. The van der Waals surface area contributed by atoms with Gasteiger partial charge >= 0.3 is 5.97 Å². The number of esters is 1. The van der Waals surface area contributed by atoms with E-state index in [9.17, 15) is 19.1 Å². The monoisotopic (exact) mass is 504 g/mol. The van der Waals surface area contributed by atoms with Crippen molar-refractivity contribution in [2.45, 2.75) is 63.9 Å². The smallest absolute Gasteiger partial charge is 0.339 e. The fourth-order valence-corrected chi connectivity index (χ4v) is 5.93. The van der Waals surface area contributed by atoms with E-state index < -0.39 is 18.0 Å². The summed E-state index contributed by atoms with van der Waals surface area (Å²) in [5.74, 6) is -1.26. The summed E-state index contributed by atoms with van der Waals surface area (Å²) in [6.07, 6.45) is 6.17. The lowest BCUT2D eigenvalue weighted by molar-refractivity contribution is -0.141. The van der Waals surface area contributed by atoms with Gasteiger partial charge in [-0.05, 0) is 48.1 Å². The summed E-state index contributed by atoms with van der Waals surface area (Å²) in [6.45, 7) is 1.84. The average Bonchev–Trinajstić information content (AvgIpc) is 3.37. The Kier molecular flexibility index (Phi) is 7.31. The lowest BCUT2D eigenvalue weighted by atomic mass is 9.83. The maximum atomic E-state index is 14.2. The molecule has 194 valence electrons. The molecule has 0 radical (unpaired) electrons. The van der Waals surface area contributed by atoms with Crippen molar-refractivity contribution in [3.05, 3.63) is 82.5 Å². The van der Waals surface area contributed by atoms with E-state index in [2.05, 4.69) is 10.3 Å². The van der Waals surface area contributed by atoms with Gasteiger partial charge in [0.2, 0.25) is 5.91 Å². The van der Waals surface area contributed by atoms with Gasteiger partial charge in [0, 0.05) is 30.1 Å². The third-order valence-electron chi connectivity index (χ3n) is 7.68. The molecule has 6 nitrogen and oxygen atoms in total. The fourth-order valence-electron chi connectivity index (χ4n) is 5.93. The first kappa shape index (κ1) is 25.1. The summed E-state index contributed by atoms with van der Waals surface area (Å²) in [7, 11) is 0. The van der Waals surface area contributed by atoms with E-state index in [0.717, 1.165) is 29.4 Å². The number of nitrogens with one attached hydrogen (secondary N) is 2. The molecule has 0 spiro atoms. The largest absolute Gasteiger partial charge is 0.508 e. The summed E-state index contributed by atoms with van der Waals surface area (Å²) in [5.41, 5.74) is 3.18. The van der Waals surface area contributed by atoms with Crippen LogP contribution >= 0.6 is 0 Å². The predicted molar refractivity (Wildman–Crippen MR) is 140 cm³/mol. The van der Waals surface area contributed by atoms with Gasteiger partial charge in [-0.1, -0.05) is 62.4 Å². The van der Waals surface area contributed by atoms with Crippen molar-refractivity contribution in [3.63, 3.8) is 0 Å². The minimum atomic E-state index is -0.651. The minimum Gasteiger partial charge on any atom is -0.508 e. The first-order valence-electron chi connectivity index (χ1n) is 13.2. The number of cyclic esters (lactones) is 1. The molecule has 2 aromatic carbocycles. The molecular formula is C30H33FN2O4. The third kappa shape index (κ3) is 5.26. The number of fused-ring (bicyclic) bond motifs is 1. The number of benzene rings is 2. The van der Waals surface area contributed by atoms with Gasteiger partial charge in [0.05, 0.1) is 11.5 Å². The number of aromatic nitrogens is 1. The number of aliphatic hydroxyl groups excluding tert-OH is 1. The van der Waals surface area contributed by atoms with E-state index in [1.54, 1.807) is 6.07 Å². The molecule has 3 aromatic rings. The number of hydrogen-bond acceptors (Lipinski definition) is 4. The Morgan fingerprint density at radius 2 is 1.92 bits per heavy atom. The predicted octanol–water partition coefficient (Wildman–Crippen LogP) is 5.83. The number of carbonyl (C=O) groups excluding carboxylic acids is 2. The zero-order chi connectivity index (χ0) is 25.9. The quantitative estimate of drug-likeness (QED) is 0.337. The molecule has 0 bridgehead atoms. The number of amides is 1. The molecule has 2 unspecified atom stereocenters. The lowest BCUT2D eigenvalue weighted by Crippen LogP contribution is -2.23. The van der Waals surface area contributed by atoms with Crippen LogP contribution in [0.5, 0.6) is 0 Å². The first-order chi connectivity index (χ1) is 17.9. The molecule has 7 heteroatoms. The summed E-state index contributed by atoms with van der Waals surface area (Å²) < 4.78 is 19.9. The fraction of sp³-hybridized carbons (Fsp3) is 0.400. The van der Waals surface area contributed by atoms with Crippen molar-refractivity contribution in [2.24, 2.45) is 5.92 Å². The Hall–Kier alpha value is -3.61. The normalized spacial score (nSPS) is 19.3. The van der Waals surface area contributed by atoms with Gasteiger partial charge in [-0.2, -0.15) is 0 Å². The second kappa shape index (κ2) is 10.8. The molecule has 1 saturated carbocycles. The summed E-state index contributed by atoms with van der Waals surface area (Å²) in [6, 6.07) is 14.0. The van der Waals surface area contributed by atoms with Crippen LogP contribution in [0, 0.1) is 11.7 Å². The van der Waals surface area contributed by atoms with E-state index >= 15 is 0 Å². The van der Waals surface area contributed by atoms with Crippen LogP contribution in [0.15, 0.2) is 59.9 Å². The molecule has 1 aliphatic carbocycles. The topological polar surface area (TPSA) is 91.4 Å².